The maximum Gasteiger partial charge on any atom is 0.338 e. The van der Waals surface area contributed by atoms with Gasteiger partial charge < -0.3 is 10.5 Å². The summed E-state index contributed by atoms with van der Waals surface area (Å²) in [5.74, 6) is -0.221. The van der Waals surface area contributed by atoms with Crippen LogP contribution in [0.2, 0.25) is 0 Å². The maximum atomic E-state index is 11.7. The second-order valence-electron chi connectivity index (χ2n) is 4.31. The highest BCUT2D eigenvalue weighted by Gasteiger charge is 2.22. The number of carbonyl (C=O) groups excluding carboxylic acids is 1. The standard InChI is InChI=1S/C13H17NO2/c14-11-6-8-12(9-7-11)16-13(15)10-4-2-1-3-5-10/h1-5,11-12H,6-9,14H2/t11-,12+. The largest absolute Gasteiger partial charge is 0.459 e. The summed E-state index contributed by atoms with van der Waals surface area (Å²) in [6, 6.07) is 9.40. The monoisotopic (exact) mass is 219 g/mol. The van der Waals surface area contributed by atoms with Crippen molar-refractivity contribution in [2.75, 3.05) is 0 Å². The first-order valence-electron chi connectivity index (χ1n) is 5.77. The van der Waals surface area contributed by atoms with E-state index in [9.17, 15) is 4.79 Å². The van der Waals surface area contributed by atoms with Crippen LogP contribution in [0.1, 0.15) is 36.0 Å². The molecule has 0 saturated heterocycles. The van der Waals surface area contributed by atoms with Crippen LogP contribution in [0.4, 0.5) is 0 Å². The Kier molecular flexibility index (Phi) is 3.57. The van der Waals surface area contributed by atoms with Crippen LogP contribution < -0.4 is 5.73 Å². The van der Waals surface area contributed by atoms with Crippen molar-refractivity contribution in [1.82, 2.24) is 0 Å². The molecule has 0 aromatic heterocycles. The van der Waals surface area contributed by atoms with Crippen LogP contribution in [-0.4, -0.2) is 18.1 Å². The Bertz CT molecular complexity index is 342. The SMILES string of the molecule is N[C@H]1CC[C@@H](OC(=O)c2ccccc2)CC1. The maximum absolute atomic E-state index is 11.7. The van der Waals surface area contributed by atoms with Gasteiger partial charge in [0.25, 0.3) is 0 Å². The van der Waals surface area contributed by atoms with Gasteiger partial charge in [-0.1, -0.05) is 18.2 Å². The quantitative estimate of drug-likeness (QED) is 0.775. The Morgan fingerprint density at radius 1 is 1.12 bits per heavy atom. The van der Waals surface area contributed by atoms with Gasteiger partial charge in [0.15, 0.2) is 0 Å². The van der Waals surface area contributed by atoms with Crippen LogP contribution in [0.3, 0.4) is 0 Å². The van der Waals surface area contributed by atoms with E-state index in [1.807, 2.05) is 18.2 Å². The molecule has 0 amide bonds. The molecular weight excluding hydrogens is 202 g/mol. The highest BCUT2D eigenvalue weighted by atomic mass is 16.5. The molecular formula is C13H17NO2. The van der Waals surface area contributed by atoms with Crippen molar-refractivity contribution < 1.29 is 9.53 Å². The third kappa shape index (κ3) is 2.83. The van der Waals surface area contributed by atoms with E-state index >= 15 is 0 Å². The van der Waals surface area contributed by atoms with Gasteiger partial charge >= 0.3 is 5.97 Å². The Morgan fingerprint density at radius 2 is 1.75 bits per heavy atom. The molecule has 2 rings (SSSR count). The molecule has 0 unspecified atom stereocenters. The van der Waals surface area contributed by atoms with E-state index in [0.29, 0.717) is 5.56 Å². The third-order valence-electron chi connectivity index (χ3n) is 3.00. The number of ether oxygens (including phenoxy) is 1. The lowest BCUT2D eigenvalue weighted by atomic mass is 9.94. The van der Waals surface area contributed by atoms with Gasteiger partial charge in [-0.2, -0.15) is 0 Å². The second-order valence-corrected chi connectivity index (χ2v) is 4.31. The van der Waals surface area contributed by atoms with Gasteiger partial charge in [0.2, 0.25) is 0 Å². The van der Waals surface area contributed by atoms with Crippen LogP contribution in [0.25, 0.3) is 0 Å². The van der Waals surface area contributed by atoms with Gasteiger partial charge in [-0.25, -0.2) is 4.79 Å². The molecule has 0 radical (unpaired) electrons. The van der Waals surface area contributed by atoms with Crippen LogP contribution in [0.5, 0.6) is 0 Å². The van der Waals surface area contributed by atoms with Crippen molar-refractivity contribution in [1.29, 1.82) is 0 Å². The Labute approximate surface area is 95.6 Å². The number of rotatable bonds is 2. The highest BCUT2D eigenvalue weighted by molar-refractivity contribution is 5.89. The van der Waals surface area contributed by atoms with Crippen molar-refractivity contribution in [2.45, 2.75) is 37.8 Å². The van der Waals surface area contributed by atoms with Crippen LogP contribution >= 0.6 is 0 Å². The fourth-order valence-electron chi connectivity index (χ4n) is 2.00. The van der Waals surface area contributed by atoms with Crippen molar-refractivity contribution in [3.63, 3.8) is 0 Å². The zero-order valence-electron chi connectivity index (χ0n) is 9.26. The summed E-state index contributed by atoms with van der Waals surface area (Å²) in [5, 5.41) is 0. The minimum Gasteiger partial charge on any atom is -0.459 e. The summed E-state index contributed by atoms with van der Waals surface area (Å²) >= 11 is 0. The van der Waals surface area contributed by atoms with Gasteiger partial charge in [0, 0.05) is 6.04 Å². The molecule has 3 nitrogen and oxygen atoms in total. The van der Waals surface area contributed by atoms with E-state index in [1.54, 1.807) is 12.1 Å². The van der Waals surface area contributed by atoms with Gasteiger partial charge in [-0.05, 0) is 37.8 Å². The van der Waals surface area contributed by atoms with Crippen molar-refractivity contribution in [2.24, 2.45) is 5.73 Å². The molecule has 0 atom stereocenters. The van der Waals surface area contributed by atoms with Gasteiger partial charge in [0.1, 0.15) is 6.10 Å². The summed E-state index contributed by atoms with van der Waals surface area (Å²) in [6.45, 7) is 0. The van der Waals surface area contributed by atoms with E-state index in [0.717, 1.165) is 25.7 Å². The molecule has 0 bridgehead atoms. The first-order valence-corrected chi connectivity index (χ1v) is 5.77. The predicted octanol–water partition coefficient (Wildman–Crippen LogP) is 2.11. The zero-order valence-corrected chi connectivity index (χ0v) is 9.26. The molecule has 0 heterocycles. The van der Waals surface area contributed by atoms with E-state index in [4.69, 9.17) is 10.5 Å². The highest BCUT2D eigenvalue weighted by Crippen LogP contribution is 2.20. The molecule has 3 heteroatoms. The lowest BCUT2D eigenvalue weighted by Gasteiger charge is -2.25. The lowest BCUT2D eigenvalue weighted by molar-refractivity contribution is 0.0197. The Balaban J connectivity index is 1.88. The molecule has 1 aliphatic rings. The van der Waals surface area contributed by atoms with Crippen LogP contribution in [0, 0.1) is 0 Å². The average molecular weight is 219 g/mol. The van der Waals surface area contributed by atoms with Gasteiger partial charge in [0.05, 0.1) is 5.56 Å². The molecule has 86 valence electrons. The molecule has 0 spiro atoms. The van der Waals surface area contributed by atoms with Gasteiger partial charge in [-0.15, -0.1) is 0 Å². The normalized spacial score (nSPS) is 25.1. The molecule has 16 heavy (non-hydrogen) atoms. The molecule has 1 fully saturated rings. The molecule has 0 aliphatic heterocycles. The van der Waals surface area contributed by atoms with E-state index in [2.05, 4.69) is 0 Å². The lowest BCUT2D eigenvalue weighted by Crippen LogP contribution is -2.31. The fourth-order valence-corrected chi connectivity index (χ4v) is 2.00. The van der Waals surface area contributed by atoms with Crippen LogP contribution in [0.15, 0.2) is 30.3 Å². The number of benzene rings is 1. The Hall–Kier alpha value is -1.35. The number of nitrogens with two attached hydrogens (primary N) is 1. The molecule has 1 saturated carbocycles. The van der Waals surface area contributed by atoms with Crippen LogP contribution in [-0.2, 0) is 4.74 Å². The fraction of sp³-hybridized carbons (Fsp3) is 0.462. The summed E-state index contributed by atoms with van der Waals surface area (Å²) < 4.78 is 5.43. The molecule has 1 aromatic rings. The third-order valence-corrected chi connectivity index (χ3v) is 3.00. The zero-order chi connectivity index (χ0) is 11.4. The van der Waals surface area contributed by atoms with E-state index in [-0.39, 0.29) is 18.1 Å². The molecule has 1 aromatic carbocycles. The minimum absolute atomic E-state index is 0.0486. The average Bonchev–Trinajstić information content (AvgIpc) is 2.33. The van der Waals surface area contributed by atoms with Crippen molar-refractivity contribution in [3.05, 3.63) is 35.9 Å². The summed E-state index contributed by atoms with van der Waals surface area (Å²) in [5.41, 5.74) is 6.42. The second kappa shape index (κ2) is 5.12. The molecule has 2 N–H and O–H groups in total. The number of hydrogen-bond acceptors (Lipinski definition) is 3. The number of carbonyl (C=O) groups is 1. The first kappa shape index (κ1) is 11.1. The minimum atomic E-state index is -0.221. The summed E-state index contributed by atoms with van der Waals surface area (Å²) in [7, 11) is 0. The smallest absolute Gasteiger partial charge is 0.338 e. The number of esters is 1. The first-order chi connectivity index (χ1) is 7.75. The Morgan fingerprint density at radius 3 is 2.38 bits per heavy atom. The van der Waals surface area contributed by atoms with Crippen molar-refractivity contribution in [3.8, 4) is 0 Å². The molecule has 1 aliphatic carbocycles. The van der Waals surface area contributed by atoms with E-state index in [1.165, 1.54) is 0 Å². The summed E-state index contributed by atoms with van der Waals surface area (Å²) in [4.78, 5) is 11.7. The summed E-state index contributed by atoms with van der Waals surface area (Å²) in [6.07, 6.45) is 3.73. The predicted molar refractivity (Wildman–Crippen MR) is 62.1 cm³/mol. The van der Waals surface area contributed by atoms with Gasteiger partial charge in [-0.3, -0.25) is 0 Å². The number of hydrogen-bond donors (Lipinski definition) is 1. The van der Waals surface area contributed by atoms with E-state index < -0.39 is 0 Å². The topological polar surface area (TPSA) is 52.3 Å². The van der Waals surface area contributed by atoms with Crippen molar-refractivity contribution >= 4 is 5.97 Å².